The Bertz CT molecular complexity index is 575. The van der Waals surface area contributed by atoms with Gasteiger partial charge in [-0.3, -0.25) is 0 Å². The van der Waals surface area contributed by atoms with Gasteiger partial charge in [-0.25, -0.2) is 4.98 Å². The Hall–Kier alpha value is -1.55. The summed E-state index contributed by atoms with van der Waals surface area (Å²) in [5, 5.41) is 3.55. The second-order valence-electron chi connectivity index (χ2n) is 5.65. The van der Waals surface area contributed by atoms with E-state index in [-0.39, 0.29) is 0 Å². The number of hydrogen-bond acceptors (Lipinski definition) is 3. The molecular formula is C16H24N4. The summed E-state index contributed by atoms with van der Waals surface area (Å²) in [4.78, 5) is 7.31. The molecule has 1 aliphatic heterocycles. The van der Waals surface area contributed by atoms with Crippen LogP contribution >= 0.6 is 0 Å². The molecule has 3 rings (SSSR count). The molecule has 1 N–H and O–H groups in total. The van der Waals surface area contributed by atoms with Crippen LogP contribution in [0.3, 0.4) is 0 Å². The van der Waals surface area contributed by atoms with Crippen LogP contribution < -0.4 is 10.2 Å². The minimum Gasteiger partial charge on any atom is -0.338 e. The van der Waals surface area contributed by atoms with E-state index < -0.39 is 0 Å². The van der Waals surface area contributed by atoms with E-state index in [1.54, 1.807) is 0 Å². The predicted molar refractivity (Wildman–Crippen MR) is 84.2 cm³/mol. The number of aromatic nitrogens is 2. The van der Waals surface area contributed by atoms with E-state index in [4.69, 9.17) is 4.98 Å². The summed E-state index contributed by atoms with van der Waals surface area (Å²) in [6.45, 7) is 5.50. The van der Waals surface area contributed by atoms with Crippen LogP contribution in [0, 0.1) is 0 Å². The highest BCUT2D eigenvalue weighted by molar-refractivity contribution is 5.78. The number of nitrogens with zero attached hydrogens (tertiary/aromatic N) is 3. The van der Waals surface area contributed by atoms with Gasteiger partial charge in [0.15, 0.2) is 0 Å². The topological polar surface area (TPSA) is 33.1 Å². The van der Waals surface area contributed by atoms with E-state index >= 15 is 0 Å². The van der Waals surface area contributed by atoms with Crippen molar-refractivity contribution in [1.29, 1.82) is 0 Å². The van der Waals surface area contributed by atoms with Gasteiger partial charge in [-0.15, -0.1) is 0 Å². The maximum absolute atomic E-state index is 4.83. The van der Waals surface area contributed by atoms with Crippen molar-refractivity contribution in [3.63, 3.8) is 0 Å². The Labute approximate surface area is 120 Å². The van der Waals surface area contributed by atoms with Crippen LogP contribution in [0.5, 0.6) is 0 Å². The normalized spacial score (nSPS) is 19.1. The molecule has 0 saturated carbocycles. The summed E-state index contributed by atoms with van der Waals surface area (Å²) in [6.07, 6.45) is 3.72. The van der Waals surface area contributed by atoms with Crippen molar-refractivity contribution in [2.45, 2.75) is 32.2 Å². The standard InChI is InChI=1S/C16H24N4/c1-3-10-17-12-13-7-6-11-20(13)16-18-14-8-4-5-9-15(14)19(16)2/h4-5,8-9,13,17H,3,6-7,10-12H2,1-2H3. The molecule has 2 aromatic rings. The molecule has 0 amide bonds. The highest BCUT2D eigenvalue weighted by atomic mass is 15.3. The lowest BCUT2D eigenvalue weighted by Gasteiger charge is -2.26. The van der Waals surface area contributed by atoms with Crippen LogP contribution in [-0.2, 0) is 7.05 Å². The molecule has 20 heavy (non-hydrogen) atoms. The summed E-state index contributed by atoms with van der Waals surface area (Å²) in [6, 6.07) is 8.96. The third-order valence-corrected chi connectivity index (χ3v) is 4.20. The Morgan fingerprint density at radius 1 is 1.35 bits per heavy atom. The minimum atomic E-state index is 0.581. The second kappa shape index (κ2) is 5.83. The van der Waals surface area contributed by atoms with Gasteiger partial charge in [0.05, 0.1) is 11.0 Å². The summed E-state index contributed by atoms with van der Waals surface area (Å²) in [5.74, 6) is 1.12. The lowest BCUT2D eigenvalue weighted by atomic mass is 10.2. The first-order valence-electron chi connectivity index (χ1n) is 7.70. The van der Waals surface area contributed by atoms with Gasteiger partial charge in [-0.1, -0.05) is 19.1 Å². The molecule has 0 spiro atoms. The van der Waals surface area contributed by atoms with E-state index in [1.165, 1.54) is 24.8 Å². The highest BCUT2D eigenvalue weighted by Gasteiger charge is 2.27. The van der Waals surface area contributed by atoms with Gasteiger partial charge in [0.25, 0.3) is 0 Å². The summed E-state index contributed by atoms with van der Waals surface area (Å²) < 4.78 is 2.23. The Kier molecular flexibility index (Phi) is 3.92. The molecule has 0 radical (unpaired) electrons. The SMILES string of the molecule is CCCNCC1CCCN1c1nc2ccccc2n1C. The third kappa shape index (κ3) is 2.40. The van der Waals surface area contributed by atoms with E-state index in [0.717, 1.165) is 31.1 Å². The van der Waals surface area contributed by atoms with Gasteiger partial charge >= 0.3 is 0 Å². The van der Waals surface area contributed by atoms with Crippen molar-refractivity contribution in [2.24, 2.45) is 7.05 Å². The van der Waals surface area contributed by atoms with Crippen LogP contribution in [0.25, 0.3) is 11.0 Å². The fourth-order valence-electron chi connectivity index (χ4n) is 3.15. The Balaban J connectivity index is 1.84. The van der Waals surface area contributed by atoms with Crippen LogP contribution in [0.15, 0.2) is 24.3 Å². The number of hydrogen-bond donors (Lipinski definition) is 1. The van der Waals surface area contributed by atoms with Gasteiger partial charge in [0, 0.05) is 26.2 Å². The fourth-order valence-corrected chi connectivity index (χ4v) is 3.15. The number of nitrogens with one attached hydrogen (secondary N) is 1. The molecule has 4 nitrogen and oxygen atoms in total. The average molecular weight is 272 g/mol. The third-order valence-electron chi connectivity index (χ3n) is 4.20. The van der Waals surface area contributed by atoms with Gasteiger partial charge in [0.2, 0.25) is 5.95 Å². The number of para-hydroxylation sites is 2. The van der Waals surface area contributed by atoms with Crippen LogP contribution in [-0.4, -0.2) is 35.2 Å². The van der Waals surface area contributed by atoms with Crippen molar-refractivity contribution in [3.8, 4) is 0 Å². The maximum Gasteiger partial charge on any atom is 0.206 e. The number of rotatable bonds is 5. The van der Waals surface area contributed by atoms with E-state index in [2.05, 4.69) is 53.0 Å². The zero-order valence-corrected chi connectivity index (χ0v) is 12.5. The highest BCUT2D eigenvalue weighted by Crippen LogP contribution is 2.27. The lowest BCUT2D eigenvalue weighted by molar-refractivity contribution is 0.563. The maximum atomic E-state index is 4.83. The number of imidazole rings is 1. The van der Waals surface area contributed by atoms with Crippen LogP contribution in [0.4, 0.5) is 5.95 Å². The first kappa shape index (κ1) is 13.4. The smallest absolute Gasteiger partial charge is 0.206 e. The Morgan fingerprint density at radius 3 is 3.00 bits per heavy atom. The van der Waals surface area contributed by atoms with Crippen molar-refractivity contribution in [3.05, 3.63) is 24.3 Å². The molecule has 0 aliphatic carbocycles. The lowest BCUT2D eigenvalue weighted by Crippen LogP contribution is -2.39. The van der Waals surface area contributed by atoms with Crippen molar-refractivity contribution in [1.82, 2.24) is 14.9 Å². The molecule has 2 heterocycles. The van der Waals surface area contributed by atoms with Gasteiger partial charge in [0.1, 0.15) is 0 Å². The van der Waals surface area contributed by atoms with E-state index in [9.17, 15) is 0 Å². The van der Waals surface area contributed by atoms with Crippen molar-refractivity contribution >= 4 is 17.0 Å². The molecule has 0 bridgehead atoms. The quantitative estimate of drug-likeness (QED) is 0.849. The molecular weight excluding hydrogens is 248 g/mol. The van der Waals surface area contributed by atoms with Gasteiger partial charge in [-0.2, -0.15) is 0 Å². The van der Waals surface area contributed by atoms with E-state index in [1.807, 2.05) is 0 Å². The summed E-state index contributed by atoms with van der Waals surface area (Å²) >= 11 is 0. The number of aryl methyl sites for hydroxylation is 1. The molecule has 1 aromatic heterocycles. The minimum absolute atomic E-state index is 0.581. The zero-order valence-electron chi connectivity index (χ0n) is 12.5. The fraction of sp³-hybridized carbons (Fsp3) is 0.562. The van der Waals surface area contributed by atoms with Gasteiger partial charge in [-0.05, 0) is 37.9 Å². The molecule has 1 atom stereocenters. The van der Waals surface area contributed by atoms with Crippen molar-refractivity contribution in [2.75, 3.05) is 24.5 Å². The first-order chi connectivity index (χ1) is 9.81. The zero-order chi connectivity index (χ0) is 13.9. The number of benzene rings is 1. The van der Waals surface area contributed by atoms with Gasteiger partial charge < -0.3 is 14.8 Å². The molecule has 1 aromatic carbocycles. The molecule has 1 unspecified atom stereocenters. The predicted octanol–water partition coefficient (Wildman–Crippen LogP) is 2.54. The number of anilines is 1. The number of fused-ring (bicyclic) bond motifs is 1. The molecule has 4 heteroatoms. The molecule has 1 saturated heterocycles. The molecule has 1 aliphatic rings. The Morgan fingerprint density at radius 2 is 2.20 bits per heavy atom. The second-order valence-corrected chi connectivity index (χ2v) is 5.65. The molecule has 1 fully saturated rings. The largest absolute Gasteiger partial charge is 0.338 e. The summed E-state index contributed by atoms with van der Waals surface area (Å²) in [5.41, 5.74) is 2.31. The summed E-state index contributed by atoms with van der Waals surface area (Å²) in [7, 11) is 2.12. The molecule has 108 valence electrons. The average Bonchev–Trinajstić information content (AvgIpc) is 3.05. The first-order valence-corrected chi connectivity index (χ1v) is 7.70. The van der Waals surface area contributed by atoms with E-state index in [0.29, 0.717) is 6.04 Å². The van der Waals surface area contributed by atoms with Crippen molar-refractivity contribution < 1.29 is 0 Å². The monoisotopic (exact) mass is 272 g/mol. The van der Waals surface area contributed by atoms with Crippen LogP contribution in [0.2, 0.25) is 0 Å². The van der Waals surface area contributed by atoms with Crippen LogP contribution in [0.1, 0.15) is 26.2 Å².